The van der Waals surface area contributed by atoms with Crippen molar-refractivity contribution in [2.45, 2.75) is 51.0 Å². The third kappa shape index (κ3) is 5.63. The number of benzene rings is 2. The Hall–Kier alpha value is -4.00. The molecule has 3 aromatic rings. The summed E-state index contributed by atoms with van der Waals surface area (Å²) in [5.41, 5.74) is 3.39. The molecule has 0 unspecified atom stereocenters. The molecule has 4 heterocycles. The minimum absolute atomic E-state index is 0.135. The van der Waals surface area contributed by atoms with Gasteiger partial charge in [-0.3, -0.25) is 9.69 Å². The van der Waals surface area contributed by atoms with Crippen molar-refractivity contribution in [2.75, 3.05) is 44.7 Å². The zero-order chi connectivity index (χ0) is 28.3. The van der Waals surface area contributed by atoms with Gasteiger partial charge in [0.25, 0.3) is 0 Å². The number of likely N-dealkylation sites (tertiary alicyclic amines) is 1. The van der Waals surface area contributed by atoms with Gasteiger partial charge in [0, 0.05) is 50.9 Å². The summed E-state index contributed by atoms with van der Waals surface area (Å²) >= 11 is 0. The van der Waals surface area contributed by atoms with Gasteiger partial charge in [-0.25, -0.2) is 0 Å². The first kappa shape index (κ1) is 27.2. The highest BCUT2D eigenvalue weighted by molar-refractivity contribution is 5.87. The number of aromatic nitrogens is 2. The van der Waals surface area contributed by atoms with Crippen LogP contribution in [0.15, 0.2) is 55.1 Å². The molecular formula is C32H37N7O2. The minimum Gasteiger partial charge on any atom is -0.462 e. The molecule has 0 radical (unpaired) electrons. The van der Waals surface area contributed by atoms with Gasteiger partial charge in [0.1, 0.15) is 12.4 Å². The number of anilines is 1. The van der Waals surface area contributed by atoms with Crippen LogP contribution in [-0.4, -0.2) is 82.5 Å². The van der Waals surface area contributed by atoms with E-state index in [-0.39, 0.29) is 18.4 Å². The number of ether oxygens (including phenoxy) is 1. The second kappa shape index (κ2) is 11.9. The first-order chi connectivity index (χ1) is 20.0. The van der Waals surface area contributed by atoms with Crippen molar-refractivity contribution < 1.29 is 9.53 Å². The molecule has 41 heavy (non-hydrogen) atoms. The van der Waals surface area contributed by atoms with Gasteiger partial charge < -0.3 is 19.4 Å². The van der Waals surface area contributed by atoms with Crippen LogP contribution in [0, 0.1) is 11.3 Å². The number of carbonyl (C=O) groups excluding carboxylic acids is 1. The fourth-order valence-electron chi connectivity index (χ4n) is 6.48. The van der Waals surface area contributed by atoms with E-state index in [1.165, 1.54) is 28.8 Å². The summed E-state index contributed by atoms with van der Waals surface area (Å²) in [5.74, 6) is 0.725. The number of likely N-dealkylation sites (N-methyl/N-ethyl adjacent to an activating group) is 1. The van der Waals surface area contributed by atoms with Crippen molar-refractivity contribution in [2.24, 2.45) is 0 Å². The summed E-state index contributed by atoms with van der Waals surface area (Å²) in [6.45, 7) is 9.22. The van der Waals surface area contributed by atoms with E-state index in [4.69, 9.17) is 14.7 Å². The van der Waals surface area contributed by atoms with Crippen molar-refractivity contribution in [3.05, 3.63) is 71.9 Å². The van der Waals surface area contributed by atoms with Gasteiger partial charge in [-0.05, 0) is 48.8 Å². The molecule has 0 spiro atoms. The van der Waals surface area contributed by atoms with Crippen molar-refractivity contribution in [1.29, 1.82) is 5.26 Å². The van der Waals surface area contributed by atoms with Gasteiger partial charge in [0.15, 0.2) is 0 Å². The first-order valence-corrected chi connectivity index (χ1v) is 14.5. The van der Waals surface area contributed by atoms with Crippen LogP contribution < -0.4 is 9.64 Å². The zero-order valence-electron chi connectivity index (χ0n) is 23.7. The number of hydrogen-bond acceptors (Lipinski definition) is 8. The molecule has 3 aliphatic heterocycles. The summed E-state index contributed by atoms with van der Waals surface area (Å²) in [5, 5.41) is 12.0. The van der Waals surface area contributed by atoms with Gasteiger partial charge in [0.05, 0.1) is 24.2 Å². The third-order valence-electron chi connectivity index (χ3n) is 8.72. The number of piperazine rings is 1. The Kier molecular flexibility index (Phi) is 7.86. The Morgan fingerprint density at radius 3 is 2.78 bits per heavy atom. The van der Waals surface area contributed by atoms with Crippen LogP contribution in [0.25, 0.3) is 10.8 Å². The number of rotatable bonds is 8. The molecule has 212 valence electrons. The quantitative estimate of drug-likeness (QED) is 0.392. The molecule has 0 bridgehead atoms. The highest BCUT2D eigenvalue weighted by atomic mass is 16.5. The molecular weight excluding hydrogens is 514 g/mol. The molecule has 2 aromatic carbocycles. The molecule has 1 aromatic heterocycles. The topological polar surface area (TPSA) is 88.8 Å². The maximum absolute atomic E-state index is 12.5. The summed E-state index contributed by atoms with van der Waals surface area (Å²) in [6, 6.07) is 17.8. The van der Waals surface area contributed by atoms with E-state index < -0.39 is 0 Å². The fraction of sp³-hybridized carbons (Fsp3) is 0.438. The van der Waals surface area contributed by atoms with Crippen LogP contribution in [0.5, 0.6) is 6.01 Å². The maximum atomic E-state index is 12.5. The molecule has 9 heteroatoms. The van der Waals surface area contributed by atoms with Gasteiger partial charge in [-0.1, -0.05) is 49.0 Å². The summed E-state index contributed by atoms with van der Waals surface area (Å²) in [4.78, 5) is 31.1. The molecule has 2 saturated heterocycles. The lowest BCUT2D eigenvalue weighted by Gasteiger charge is -2.41. The van der Waals surface area contributed by atoms with Crippen LogP contribution in [0.3, 0.4) is 0 Å². The van der Waals surface area contributed by atoms with Crippen LogP contribution >= 0.6 is 0 Å². The largest absolute Gasteiger partial charge is 0.462 e. The highest BCUT2D eigenvalue weighted by Crippen LogP contribution is 2.34. The Morgan fingerprint density at radius 2 is 1.98 bits per heavy atom. The normalized spacial score (nSPS) is 21.2. The van der Waals surface area contributed by atoms with Crippen LogP contribution in [-0.2, 0) is 24.4 Å². The van der Waals surface area contributed by atoms with E-state index in [9.17, 15) is 10.1 Å². The summed E-state index contributed by atoms with van der Waals surface area (Å²) in [7, 11) is 2.14. The van der Waals surface area contributed by atoms with E-state index in [0.29, 0.717) is 44.8 Å². The Bertz CT molecular complexity index is 1480. The minimum atomic E-state index is -0.227. The molecule has 2 atom stereocenters. The number of hydrogen-bond donors (Lipinski definition) is 0. The van der Waals surface area contributed by atoms with Crippen molar-refractivity contribution >= 4 is 22.5 Å². The number of nitriles is 1. The molecule has 0 N–H and O–H groups in total. The van der Waals surface area contributed by atoms with Crippen molar-refractivity contribution in [3.8, 4) is 12.1 Å². The Balaban J connectivity index is 1.28. The van der Waals surface area contributed by atoms with Crippen LogP contribution in [0.1, 0.15) is 36.1 Å². The summed E-state index contributed by atoms with van der Waals surface area (Å²) < 4.78 is 6.24. The van der Waals surface area contributed by atoms with E-state index in [1.54, 1.807) is 4.90 Å². The predicted octanol–water partition coefficient (Wildman–Crippen LogP) is 3.74. The highest BCUT2D eigenvalue weighted by Gasteiger charge is 2.34. The molecule has 3 aliphatic rings. The average molecular weight is 552 g/mol. The standard InChI is InChI=1S/C32H37N7O2/c1-3-30(40)39-17-16-38(19-25(39)13-14-33)31-28-20-37(18-24-10-6-9-23-8-4-5-12-27(23)24)21-29(28)34-32(35-31)41-22-26-11-7-15-36(26)2/h3-6,8-10,12,25-26H,1,7,11,13,15-22H2,2H3/t25-,26-/m0/s1. The molecule has 0 aliphatic carbocycles. The smallest absolute Gasteiger partial charge is 0.318 e. The van der Waals surface area contributed by atoms with Crippen molar-refractivity contribution in [3.63, 3.8) is 0 Å². The lowest BCUT2D eigenvalue weighted by atomic mass is 10.0. The molecule has 2 fully saturated rings. The Labute approximate surface area is 241 Å². The van der Waals surface area contributed by atoms with Gasteiger partial charge in [-0.2, -0.15) is 15.2 Å². The fourth-order valence-corrected chi connectivity index (χ4v) is 6.48. The zero-order valence-corrected chi connectivity index (χ0v) is 23.7. The lowest BCUT2D eigenvalue weighted by molar-refractivity contribution is -0.128. The van der Waals surface area contributed by atoms with E-state index in [2.05, 4.69) is 76.9 Å². The van der Waals surface area contributed by atoms with Gasteiger partial charge in [-0.15, -0.1) is 0 Å². The van der Waals surface area contributed by atoms with E-state index in [0.717, 1.165) is 43.1 Å². The average Bonchev–Trinajstić information content (AvgIpc) is 3.60. The molecule has 9 nitrogen and oxygen atoms in total. The number of amides is 1. The number of nitrogens with zero attached hydrogens (tertiary/aromatic N) is 7. The molecule has 6 rings (SSSR count). The maximum Gasteiger partial charge on any atom is 0.318 e. The third-order valence-corrected chi connectivity index (χ3v) is 8.72. The van der Waals surface area contributed by atoms with Crippen molar-refractivity contribution in [1.82, 2.24) is 24.7 Å². The second-order valence-electron chi connectivity index (χ2n) is 11.3. The first-order valence-electron chi connectivity index (χ1n) is 14.5. The van der Waals surface area contributed by atoms with Crippen LogP contribution in [0.4, 0.5) is 5.82 Å². The summed E-state index contributed by atoms with van der Waals surface area (Å²) in [6.07, 6.45) is 3.88. The second-order valence-corrected chi connectivity index (χ2v) is 11.3. The SMILES string of the molecule is C=CC(=O)N1CCN(c2nc(OC[C@@H]3CCCN3C)nc3c2CN(Cc2cccc4ccccc24)C3)C[C@@H]1CC#N. The van der Waals surface area contributed by atoms with Crippen LogP contribution in [0.2, 0.25) is 0 Å². The monoisotopic (exact) mass is 551 g/mol. The van der Waals surface area contributed by atoms with Gasteiger partial charge in [0.2, 0.25) is 5.91 Å². The molecule has 1 amide bonds. The Morgan fingerprint density at radius 1 is 1.12 bits per heavy atom. The lowest BCUT2D eigenvalue weighted by Crippen LogP contribution is -2.55. The predicted molar refractivity (Wildman–Crippen MR) is 158 cm³/mol. The van der Waals surface area contributed by atoms with Gasteiger partial charge >= 0.3 is 6.01 Å². The number of carbonyl (C=O) groups is 1. The molecule has 0 saturated carbocycles. The van der Waals surface area contributed by atoms with E-state index in [1.807, 2.05) is 0 Å². The number of fused-ring (bicyclic) bond motifs is 2. The van der Waals surface area contributed by atoms with E-state index >= 15 is 0 Å².